The van der Waals surface area contributed by atoms with Crippen molar-refractivity contribution in [2.45, 2.75) is 18.5 Å². The number of rotatable bonds is 4. The molecule has 146 valence electrons. The van der Waals surface area contributed by atoms with Crippen LogP contribution in [-0.4, -0.2) is 52.6 Å². The van der Waals surface area contributed by atoms with Gasteiger partial charge in [0.15, 0.2) is 5.82 Å². The summed E-state index contributed by atoms with van der Waals surface area (Å²) in [7, 11) is 0. The maximum atomic E-state index is 12.6. The maximum absolute atomic E-state index is 12.6. The van der Waals surface area contributed by atoms with Gasteiger partial charge in [-0.15, -0.1) is 0 Å². The molecule has 8 nitrogen and oxygen atoms in total. The normalized spacial score (nSPS) is 31.9. The molecule has 1 aliphatic carbocycles. The van der Waals surface area contributed by atoms with Crippen molar-refractivity contribution in [1.82, 2.24) is 15.1 Å². The highest BCUT2D eigenvalue weighted by Gasteiger charge is 2.58. The smallest absolute Gasteiger partial charge is 0.252 e. The quantitative estimate of drug-likeness (QED) is 0.798. The minimum absolute atomic E-state index is 0.0906. The Hall–Kier alpha value is -3.29. The molecule has 8 heteroatoms. The first-order valence-electron chi connectivity index (χ1n) is 9.96. The van der Waals surface area contributed by atoms with E-state index < -0.39 is 0 Å². The lowest BCUT2D eigenvalue weighted by atomic mass is 9.96. The van der Waals surface area contributed by atoms with Gasteiger partial charge < -0.3 is 9.42 Å². The predicted molar refractivity (Wildman–Crippen MR) is 107 cm³/mol. The van der Waals surface area contributed by atoms with Crippen LogP contribution in [0.2, 0.25) is 0 Å². The number of nitrogens with zero attached hydrogens (tertiary/aromatic N) is 6. The molecule has 1 amide bonds. The number of benzene rings is 1. The number of piperidine rings is 1. The number of aliphatic imine (C=N–C) groups is 1. The Kier molecular flexibility index (Phi) is 3.65. The Bertz CT molecular complexity index is 1020. The molecule has 0 spiro atoms. The number of carbonyl (C=O) groups is 1. The highest BCUT2D eigenvalue weighted by Crippen LogP contribution is 2.57. The van der Waals surface area contributed by atoms with Crippen molar-refractivity contribution in [2.75, 3.05) is 18.0 Å². The molecular weight excluding hydrogens is 368 g/mol. The number of fused-ring (bicyclic) bond motifs is 2. The van der Waals surface area contributed by atoms with E-state index in [0.717, 1.165) is 18.9 Å². The van der Waals surface area contributed by atoms with Gasteiger partial charge in [0.2, 0.25) is 5.89 Å². The lowest BCUT2D eigenvalue weighted by Crippen LogP contribution is -2.42. The van der Waals surface area contributed by atoms with E-state index >= 15 is 0 Å². The molecule has 1 saturated heterocycles. The standard InChI is InChI=1S/C21H20N6O2/c28-21-14-7-4-8-22-17(14)9-23-27(21)12-18-24-20(25-29-18)19-15-10-26(11-16(15)19)13-5-2-1-3-6-13/h1-9,14-17,19H,10-12H2. The molecule has 4 heterocycles. The minimum atomic E-state index is -0.299. The molecule has 4 aliphatic rings. The first kappa shape index (κ1) is 16.6. The van der Waals surface area contributed by atoms with Gasteiger partial charge in [-0.3, -0.25) is 9.79 Å². The second-order valence-electron chi connectivity index (χ2n) is 8.00. The summed E-state index contributed by atoms with van der Waals surface area (Å²) in [6.45, 7) is 2.24. The first-order chi connectivity index (χ1) is 14.3. The van der Waals surface area contributed by atoms with Gasteiger partial charge in [-0.25, -0.2) is 5.01 Å². The molecule has 3 aliphatic heterocycles. The Balaban J connectivity index is 1.11. The van der Waals surface area contributed by atoms with Crippen LogP contribution in [0.25, 0.3) is 0 Å². The molecule has 4 atom stereocenters. The molecule has 4 unspecified atom stereocenters. The zero-order chi connectivity index (χ0) is 19.4. The van der Waals surface area contributed by atoms with E-state index in [2.05, 4.69) is 49.4 Å². The van der Waals surface area contributed by atoms with Gasteiger partial charge in [-0.1, -0.05) is 29.4 Å². The fourth-order valence-electron chi connectivity index (χ4n) is 4.74. The van der Waals surface area contributed by atoms with E-state index in [1.807, 2.05) is 12.1 Å². The van der Waals surface area contributed by atoms with Crippen LogP contribution in [0.3, 0.4) is 0 Å². The van der Waals surface area contributed by atoms with Gasteiger partial charge in [0.1, 0.15) is 12.6 Å². The molecule has 1 aromatic heterocycles. The fourth-order valence-corrected chi connectivity index (χ4v) is 4.74. The van der Waals surface area contributed by atoms with Crippen molar-refractivity contribution in [1.29, 1.82) is 0 Å². The highest BCUT2D eigenvalue weighted by atomic mass is 16.5. The largest absolute Gasteiger partial charge is 0.371 e. The summed E-state index contributed by atoms with van der Waals surface area (Å²) in [5.74, 6) is 2.29. The summed E-state index contributed by atoms with van der Waals surface area (Å²) in [4.78, 5) is 23.9. The Labute approximate surface area is 167 Å². The molecule has 0 bridgehead atoms. The van der Waals surface area contributed by atoms with Crippen molar-refractivity contribution in [2.24, 2.45) is 27.8 Å². The van der Waals surface area contributed by atoms with E-state index in [9.17, 15) is 4.79 Å². The second kappa shape index (κ2) is 6.37. The van der Waals surface area contributed by atoms with Crippen molar-refractivity contribution in [3.05, 3.63) is 54.2 Å². The monoisotopic (exact) mass is 388 g/mol. The lowest BCUT2D eigenvalue weighted by molar-refractivity contribution is -0.135. The van der Waals surface area contributed by atoms with E-state index in [0.29, 0.717) is 23.6 Å². The number of aromatic nitrogens is 2. The van der Waals surface area contributed by atoms with Crippen LogP contribution in [-0.2, 0) is 11.3 Å². The van der Waals surface area contributed by atoms with Gasteiger partial charge in [0, 0.05) is 30.9 Å². The molecule has 0 radical (unpaired) electrons. The van der Waals surface area contributed by atoms with Gasteiger partial charge in [-0.05, 0) is 30.0 Å². The van der Waals surface area contributed by atoms with Gasteiger partial charge >= 0.3 is 0 Å². The third-order valence-electron chi connectivity index (χ3n) is 6.31. The van der Waals surface area contributed by atoms with Crippen LogP contribution in [0.4, 0.5) is 5.69 Å². The summed E-state index contributed by atoms with van der Waals surface area (Å²) in [5.41, 5.74) is 1.27. The number of carbonyl (C=O) groups excluding carboxylic acids is 1. The van der Waals surface area contributed by atoms with Crippen LogP contribution in [0.15, 0.2) is 57.1 Å². The SMILES string of the molecule is O=C1C2C=CC=NC2C=NN1Cc1nc(C2C3CN(c4ccccc4)CC32)no1. The second-order valence-corrected chi connectivity index (χ2v) is 8.00. The number of allylic oxidation sites excluding steroid dienone is 1. The summed E-state index contributed by atoms with van der Waals surface area (Å²) >= 11 is 0. The Morgan fingerprint density at radius 3 is 2.79 bits per heavy atom. The third-order valence-corrected chi connectivity index (χ3v) is 6.31. The minimum Gasteiger partial charge on any atom is -0.371 e. The molecule has 29 heavy (non-hydrogen) atoms. The zero-order valence-corrected chi connectivity index (χ0v) is 15.7. The van der Waals surface area contributed by atoms with Gasteiger partial charge in [-0.2, -0.15) is 10.1 Å². The number of para-hydroxylation sites is 1. The number of hydrogen-bond acceptors (Lipinski definition) is 7. The molecule has 2 fully saturated rings. The van der Waals surface area contributed by atoms with Crippen molar-refractivity contribution >= 4 is 24.0 Å². The van der Waals surface area contributed by atoms with Crippen LogP contribution in [0.5, 0.6) is 0 Å². The molecule has 6 rings (SSSR count). The van der Waals surface area contributed by atoms with Crippen molar-refractivity contribution in [3.8, 4) is 0 Å². The number of hydrogen-bond donors (Lipinski definition) is 0. The van der Waals surface area contributed by atoms with E-state index in [1.54, 1.807) is 18.5 Å². The van der Waals surface area contributed by atoms with Crippen LogP contribution in [0.1, 0.15) is 17.6 Å². The summed E-state index contributed by atoms with van der Waals surface area (Å²) in [5, 5.41) is 9.83. The number of amides is 1. The molecule has 2 aromatic rings. The zero-order valence-electron chi connectivity index (χ0n) is 15.7. The van der Waals surface area contributed by atoms with Crippen LogP contribution in [0, 0.1) is 17.8 Å². The van der Waals surface area contributed by atoms with Crippen LogP contribution >= 0.6 is 0 Å². The van der Waals surface area contributed by atoms with Gasteiger partial charge in [0.05, 0.1) is 12.1 Å². The molecular formula is C21H20N6O2. The van der Waals surface area contributed by atoms with Crippen LogP contribution < -0.4 is 4.90 Å². The fraction of sp³-hybridized carbons (Fsp3) is 0.381. The molecule has 1 saturated carbocycles. The molecule has 0 N–H and O–H groups in total. The Morgan fingerprint density at radius 1 is 1.14 bits per heavy atom. The molecule has 1 aromatic carbocycles. The summed E-state index contributed by atoms with van der Waals surface area (Å²) in [6.07, 6.45) is 7.06. The topological polar surface area (TPSA) is 87.2 Å². The Morgan fingerprint density at radius 2 is 1.97 bits per heavy atom. The summed E-state index contributed by atoms with van der Waals surface area (Å²) < 4.78 is 5.44. The summed E-state index contributed by atoms with van der Waals surface area (Å²) in [6, 6.07) is 10.3. The maximum Gasteiger partial charge on any atom is 0.252 e. The predicted octanol–water partition coefficient (Wildman–Crippen LogP) is 1.87. The van der Waals surface area contributed by atoms with Gasteiger partial charge in [0.25, 0.3) is 5.91 Å². The average molecular weight is 388 g/mol. The number of anilines is 1. The highest BCUT2D eigenvalue weighted by molar-refractivity contribution is 5.92. The number of hydrazone groups is 1. The first-order valence-corrected chi connectivity index (χ1v) is 9.96. The lowest BCUT2D eigenvalue weighted by Gasteiger charge is -2.28. The van der Waals surface area contributed by atoms with E-state index in [1.165, 1.54) is 10.7 Å². The number of dihydropyridines is 1. The van der Waals surface area contributed by atoms with Crippen molar-refractivity contribution in [3.63, 3.8) is 0 Å². The van der Waals surface area contributed by atoms with E-state index in [-0.39, 0.29) is 24.4 Å². The van der Waals surface area contributed by atoms with E-state index in [4.69, 9.17) is 4.52 Å². The third kappa shape index (κ3) is 2.78. The van der Waals surface area contributed by atoms with Crippen molar-refractivity contribution < 1.29 is 9.32 Å². The average Bonchev–Trinajstić information content (AvgIpc) is 3.11.